The minimum atomic E-state index is -1.04. The van der Waals surface area contributed by atoms with Crippen LogP contribution in [0.25, 0.3) is 5.70 Å². The number of hydrogen-bond donors (Lipinski definition) is 4. The summed E-state index contributed by atoms with van der Waals surface area (Å²) in [5, 5.41) is 2.33. The molecular formula is C24H26F3N5O3. The molecule has 0 aromatic heterocycles. The number of methoxy groups -OCH3 is 1. The van der Waals surface area contributed by atoms with Crippen LogP contribution in [0, 0.1) is 17.5 Å². The first kappa shape index (κ1) is 25.6. The van der Waals surface area contributed by atoms with Gasteiger partial charge in [-0.3, -0.25) is 14.6 Å². The molecule has 1 aliphatic carbocycles. The predicted molar refractivity (Wildman–Crippen MR) is 125 cm³/mol. The number of amidine groups is 1. The molecule has 7 N–H and O–H groups in total. The van der Waals surface area contributed by atoms with E-state index in [4.69, 9.17) is 21.9 Å². The molecule has 0 unspecified atom stereocenters. The van der Waals surface area contributed by atoms with Gasteiger partial charge >= 0.3 is 0 Å². The maximum absolute atomic E-state index is 14.8. The summed E-state index contributed by atoms with van der Waals surface area (Å²) in [6.45, 7) is -0.548. The van der Waals surface area contributed by atoms with Gasteiger partial charge in [0.25, 0.3) is 11.8 Å². The Morgan fingerprint density at radius 2 is 1.69 bits per heavy atom. The monoisotopic (exact) mass is 489 g/mol. The highest BCUT2D eigenvalue weighted by Gasteiger charge is 2.22. The summed E-state index contributed by atoms with van der Waals surface area (Å²) in [5.41, 5.74) is 16.0. The van der Waals surface area contributed by atoms with Crippen molar-refractivity contribution in [2.24, 2.45) is 22.2 Å². The molecule has 3 rings (SSSR count). The number of halogens is 3. The maximum Gasteiger partial charge on any atom is 0.255 e. The van der Waals surface area contributed by atoms with Crippen LogP contribution in [0.5, 0.6) is 5.75 Å². The number of nitrogens with one attached hydrogen (secondary N) is 1. The molecule has 0 atom stereocenters. The molecule has 1 fully saturated rings. The van der Waals surface area contributed by atoms with E-state index >= 15 is 0 Å². The zero-order chi connectivity index (χ0) is 25.7. The average molecular weight is 489 g/mol. The topological polar surface area (TPSA) is 146 Å². The van der Waals surface area contributed by atoms with Crippen LogP contribution in [0.2, 0.25) is 0 Å². The fourth-order valence-corrected chi connectivity index (χ4v) is 3.88. The number of hydrogen-bond acceptors (Lipinski definition) is 5. The molecular weight excluding hydrogens is 463 g/mol. The molecule has 1 saturated carbocycles. The first-order valence-electron chi connectivity index (χ1n) is 10.9. The normalized spacial score (nSPS) is 15.0. The van der Waals surface area contributed by atoms with Gasteiger partial charge in [0.2, 0.25) is 0 Å². The van der Waals surface area contributed by atoms with Gasteiger partial charge in [-0.05, 0) is 43.2 Å². The smallest absolute Gasteiger partial charge is 0.255 e. The van der Waals surface area contributed by atoms with Crippen LogP contribution in [0.1, 0.15) is 47.2 Å². The Bertz CT molecular complexity index is 1180. The van der Waals surface area contributed by atoms with Crippen molar-refractivity contribution in [1.29, 1.82) is 0 Å². The van der Waals surface area contributed by atoms with Crippen molar-refractivity contribution in [3.8, 4) is 5.75 Å². The van der Waals surface area contributed by atoms with Crippen molar-refractivity contribution in [3.05, 3.63) is 70.0 Å². The van der Waals surface area contributed by atoms with Gasteiger partial charge in [-0.25, -0.2) is 13.2 Å². The molecule has 0 bridgehead atoms. The third-order valence-corrected chi connectivity index (χ3v) is 5.70. The van der Waals surface area contributed by atoms with Crippen molar-refractivity contribution in [3.63, 3.8) is 0 Å². The molecule has 0 aliphatic heterocycles. The second-order valence-corrected chi connectivity index (χ2v) is 8.05. The lowest BCUT2D eigenvalue weighted by Gasteiger charge is -2.14. The summed E-state index contributed by atoms with van der Waals surface area (Å²) in [6.07, 6.45) is 3.57. The van der Waals surface area contributed by atoms with E-state index in [0.29, 0.717) is 0 Å². The molecule has 0 heterocycles. The first-order valence-corrected chi connectivity index (χ1v) is 10.9. The van der Waals surface area contributed by atoms with E-state index < -0.39 is 41.4 Å². The molecule has 0 spiro atoms. The van der Waals surface area contributed by atoms with Crippen LogP contribution in [0.4, 0.5) is 13.2 Å². The van der Waals surface area contributed by atoms with Crippen molar-refractivity contribution < 1.29 is 27.5 Å². The molecule has 2 amide bonds. The highest BCUT2D eigenvalue weighted by molar-refractivity contribution is 6.24. The lowest BCUT2D eigenvalue weighted by atomic mass is 10.0. The van der Waals surface area contributed by atoms with Gasteiger partial charge in [-0.1, -0.05) is 12.8 Å². The molecule has 35 heavy (non-hydrogen) atoms. The molecule has 0 saturated heterocycles. The van der Waals surface area contributed by atoms with E-state index in [1.54, 1.807) is 0 Å². The van der Waals surface area contributed by atoms with Gasteiger partial charge in [0.1, 0.15) is 34.6 Å². The number of carbonyl (C=O) groups is 2. The van der Waals surface area contributed by atoms with Gasteiger partial charge in [0, 0.05) is 17.7 Å². The van der Waals surface area contributed by atoms with Crippen LogP contribution in [-0.2, 0) is 11.3 Å². The number of ether oxygens (including phenoxy) is 1. The van der Waals surface area contributed by atoms with Crippen LogP contribution in [0.15, 0.2) is 40.9 Å². The van der Waals surface area contributed by atoms with Gasteiger partial charge in [0.15, 0.2) is 0 Å². The molecule has 0 radical (unpaired) electrons. The summed E-state index contributed by atoms with van der Waals surface area (Å²) in [7, 11) is 1.30. The molecule has 2 aromatic carbocycles. The van der Waals surface area contributed by atoms with E-state index in [0.717, 1.165) is 49.9 Å². The fraction of sp³-hybridized carbons (Fsp3) is 0.292. The summed E-state index contributed by atoms with van der Waals surface area (Å²) >= 11 is 0. The number of benzene rings is 2. The van der Waals surface area contributed by atoms with E-state index in [9.17, 15) is 22.8 Å². The zero-order valence-electron chi connectivity index (χ0n) is 19.0. The summed E-state index contributed by atoms with van der Waals surface area (Å²) < 4.78 is 48.1. The second kappa shape index (κ2) is 10.9. The number of carbonyl (C=O) groups excluding carboxylic acids is 2. The highest BCUT2D eigenvalue weighted by atomic mass is 19.1. The Labute approximate surface area is 200 Å². The Hall–Kier alpha value is -4.02. The van der Waals surface area contributed by atoms with Gasteiger partial charge in [-0.15, -0.1) is 0 Å². The molecule has 2 aromatic rings. The van der Waals surface area contributed by atoms with E-state index in [1.165, 1.54) is 13.2 Å². The summed E-state index contributed by atoms with van der Waals surface area (Å²) in [6, 6.07) is 5.03. The second-order valence-electron chi connectivity index (χ2n) is 8.05. The fourth-order valence-electron chi connectivity index (χ4n) is 3.88. The van der Waals surface area contributed by atoms with Crippen LogP contribution in [-0.4, -0.2) is 30.8 Å². The Morgan fingerprint density at radius 1 is 1.06 bits per heavy atom. The van der Waals surface area contributed by atoms with Gasteiger partial charge in [-0.2, -0.15) is 0 Å². The molecule has 1 aliphatic rings. The third-order valence-electron chi connectivity index (χ3n) is 5.70. The van der Waals surface area contributed by atoms with E-state index in [1.807, 2.05) is 0 Å². The number of amides is 2. The van der Waals surface area contributed by atoms with Crippen molar-refractivity contribution in [1.82, 2.24) is 5.32 Å². The van der Waals surface area contributed by atoms with Crippen LogP contribution < -0.4 is 27.3 Å². The Kier molecular flexibility index (Phi) is 8.00. The zero-order valence-corrected chi connectivity index (χ0v) is 19.0. The number of aliphatic imine (C=N–C) groups is 1. The molecule has 8 nitrogen and oxygen atoms in total. The SMILES string of the molecule is COc1ccc(F)cc1C(=O)NCc1c(F)cc(C(N)=C(C(N)=O)C(N)=NC2CCCC2)cc1F. The minimum absolute atomic E-state index is 0.0756. The van der Waals surface area contributed by atoms with E-state index in [-0.39, 0.29) is 40.0 Å². The molecule has 11 heteroatoms. The summed E-state index contributed by atoms with van der Waals surface area (Å²) in [4.78, 5) is 28.7. The van der Waals surface area contributed by atoms with E-state index in [2.05, 4.69) is 10.3 Å². The van der Waals surface area contributed by atoms with Crippen molar-refractivity contribution in [2.45, 2.75) is 38.3 Å². The number of rotatable bonds is 8. The van der Waals surface area contributed by atoms with Crippen molar-refractivity contribution in [2.75, 3.05) is 7.11 Å². The molecule has 186 valence electrons. The minimum Gasteiger partial charge on any atom is -0.496 e. The lowest BCUT2D eigenvalue weighted by molar-refractivity contribution is -0.114. The van der Waals surface area contributed by atoms with Crippen molar-refractivity contribution >= 4 is 23.3 Å². The largest absolute Gasteiger partial charge is 0.496 e. The van der Waals surface area contributed by atoms with Crippen LogP contribution in [0.3, 0.4) is 0 Å². The Balaban J connectivity index is 1.86. The first-order chi connectivity index (χ1) is 16.6. The van der Waals surface area contributed by atoms with Crippen LogP contribution >= 0.6 is 0 Å². The Morgan fingerprint density at radius 3 is 2.26 bits per heavy atom. The lowest BCUT2D eigenvalue weighted by Crippen LogP contribution is -2.30. The number of primary amides is 1. The van der Waals surface area contributed by atoms with Gasteiger partial charge in [0.05, 0.1) is 24.4 Å². The average Bonchev–Trinajstić information content (AvgIpc) is 3.30. The predicted octanol–water partition coefficient (Wildman–Crippen LogP) is 2.50. The highest BCUT2D eigenvalue weighted by Crippen LogP contribution is 2.24. The maximum atomic E-state index is 14.8. The standard InChI is InChI=1S/C24H26F3N5O3/c1-35-19-7-6-13(25)10-15(19)24(34)31-11-16-17(26)8-12(9-18(16)27)21(28)20(23(30)33)22(29)32-14-4-2-3-5-14/h6-10,14H,2-5,11,28H2,1H3,(H2,29,32)(H2,30,33)(H,31,34). The third kappa shape index (κ3) is 5.92. The number of nitrogens with zero attached hydrogens (tertiary/aromatic N) is 1. The quantitative estimate of drug-likeness (QED) is 0.256. The summed E-state index contributed by atoms with van der Waals surface area (Å²) in [5.74, 6) is -4.63. The number of nitrogens with two attached hydrogens (primary N) is 3. The van der Waals surface area contributed by atoms with Gasteiger partial charge < -0.3 is 27.3 Å².